The number of nitrogens with one attached hydrogen (secondary N) is 1. The summed E-state index contributed by atoms with van der Waals surface area (Å²) < 4.78 is 0. The van der Waals surface area contributed by atoms with E-state index in [1.165, 1.54) is 11.1 Å². The smallest absolute Gasteiger partial charge is 0.139 e. The van der Waals surface area contributed by atoms with Crippen molar-refractivity contribution in [3.8, 4) is 0 Å². The minimum Gasteiger partial charge on any atom is -0.379 e. The van der Waals surface area contributed by atoms with Crippen LogP contribution in [0.25, 0.3) is 0 Å². The largest absolute Gasteiger partial charge is 0.379 e. The molecule has 0 radical (unpaired) electrons. The second kappa shape index (κ2) is 6.88. The fraction of sp³-hybridized carbons (Fsp3) is 0.350. The van der Waals surface area contributed by atoms with Crippen molar-refractivity contribution in [3.63, 3.8) is 0 Å². The van der Waals surface area contributed by atoms with E-state index in [1.54, 1.807) is 7.11 Å². The number of nitrogens with zero attached hydrogens (tertiary/aromatic N) is 4. The van der Waals surface area contributed by atoms with Crippen molar-refractivity contribution in [2.45, 2.75) is 20.4 Å². The summed E-state index contributed by atoms with van der Waals surface area (Å²) in [6, 6.07) is 10.5. The van der Waals surface area contributed by atoms with Gasteiger partial charge in [-0.15, -0.1) is 0 Å². The number of aliphatic imine (C=N–C) groups is 1. The minimum absolute atomic E-state index is 0.679. The lowest BCUT2D eigenvalue weighted by Crippen LogP contribution is -2.43. The van der Waals surface area contributed by atoms with Gasteiger partial charge >= 0.3 is 0 Å². The molecule has 0 aromatic heterocycles. The summed E-state index contributed by atoms with van der Waals surface area (Å²) in [6.07, 6.45) is 3.91. The van der Waals surface area contributed by atoms with Gasteiger partial charge in [-0.05, 0) is 25.0 Å². The van der Waals surface area contributed by atoms with Gasteiger partial charge < -0.3 is 15.1 Å². The highest BCUT2D eigenvalue weighted by molar-refractivity contribution is 5.82. The highest BCUT2D eigenvalue weighted by Crippen LogP contribution is 2.35. The molecule has 6 nitrogen and oxygen atoms in total. The summed E-state index contributed by atoms with van der Waals surface area (Å²) in [5.41, 5.74) is 5.79. The minimum atomic E-state index is 0.679. The Morgan fingerprint density at radius 2 is 2.04 bits per heavy atom. The van der Waals surface area contributed by atoms with Crippen molar-refractivity contribution >= 4 is 6.21 Å². The van der Waals surface area contributed by atoms with Crippen LogP contribution in [0.3, 0.4) is 0 Å². The standard InChI is InChI=1S/C20H25N5O/c1-4-23-12-15(2)18(21-10-16-8-6-5-7-9-16)19-20(23)25-14-24(26-3)13-17(25)11-22-19/h5-9,11,13,21H,4,10,12,14H2,1-3H3. The molecule has 3 aliphatic heterocycles. The molecule has 6 heteroatoms. The van der Waals surface area contributed by atoms with Gasteiger partial charge in [0, 0.05) is 19.6 Å². The maximum atomic E-state index is 5.39. The predicted molar refractivity (Wildman–Crippen MR) is 102 cm³/mol. The number of fused-ring (bicyclic) bond motifs is 2. The van der Waals surface area contributed by atoms with Gasteiger partial charge in [0.25, 0.3) is 0 Å². The Morgan fingerprint density at radius 3 is 2.77 bits per heavy atom. The molecule has 0 unspecified atom stereocenters. The van der Waals surface area contributed by atoms with Gasteiger partial charge in [-0.1, -0.05) is 30.3 Å². The van der Waals surface area contributed by atoms with Crippen LogP contribution in [0.1, 0.15) is 19.4 Å². The van der Waals surface area contributed by atoms with Crippen LogP contribution in [0.5, 0.6) is 0 Å². The van der Waals surface area contributed by atoms with E-state index in [-0.39, 0.29) is 0 Å². The lowest BCUT2D eigenvalue weighted by molar-refractivity contribution is -0.0971. The molecule has 0 saturated carbocycles. The number of hydroxylamine groups is 2. The van der Waals surface area contributed by atoms with E-state index in [0.29, 0.717) is 6.67 Å². The fourth-order valence-electron chi connectivity index (χ4n) is 3.62. The number of rotatable bonds is 5. The van der Waals surface area contributed by atoms with E-state index in [9.17, 15) is 0 Å². The highest BCUT2D eigenvalue weighted by Gasteiger charge is 2.35. The number of hydrogen-bond acceptors (Lipinski definition) is 6. The first-order chi connectivity index (χ1) is 12.7. The van der Waals surface area contributed by atoms with Gasteiger partial charge in [0.05, 0.1) is 30.9 Å². The molecule has 0 bridgehead atoms. The van der Waals surface area contributed by atoms with Crippen molar-refractivity contribution in [2.24, 2.45) is 4.99 Å². The lowest BCUT2D eigenvalue weighted by atomic mass is 10.1. The van der Waals surface area contributed by atoms with Crippen LogP contribution in [0.4, 0.5) is 0 Å². The third-order valence-electron chi connectivity index (χ3n) is 4.98. The predicted octanol–water partition coefficient (Wildman–Crippen LogP) is 2.62. The highest BCUT2D eigenvalue weighted by atomic mass is 16.7. The van der Waals surface area contributed by atoms with Gasteiger partial charge in [0.15, 0.2) is 0 Å². The summed E-state index contributed by atoms with van der Waals surface area (Å²) in [6.45, 7) is 7.68. The molecular weight excluding hydrogens is 326 g/mol. The average Bonchev–Trinajstić information content (AvgIpc) is 3.10. The molecule has 3 heterocycles. The quantitative estimate of drug-likeness (QED) is 0.883. The zero-order valence-corrected chi connectivity index (χ0v) is 15.6. The zero-order valence-electron chi connectivity index (χ0n) is 15.6. The first-order valence-electron chi connectivity index (χ1n) is 9.02. The third-order valence-corrected chi connectivity index (χ3v) is 4.98. The van der Waals surface area contributed by atoms with Gasteiger partial charge in [0.2, 0.25) is 0 Å². The molecule has 1 aromatic rings. The molecule has 0 spiro atoms. The van der Waals surface area contributed by atoms with Gasteiger partial charge in [-0.25, -0.2) is 10.1 Å². The van der Waals surface area contributed by atoms with Crippen molar-refractivity contribution in [3.05, 3.63) is 70.6 Å². The van der Waals surface area contributed by atoms with Gasteiger partial charge in [0.1, 0.15) is 18.2 Å². The Kier molecular flexibility index (Phi) is 4.42. The second-order valence-corrected chi connectivity index (χ2v) is 6.66. The molecule has 3 aliphatic rings. The first-order valence-corrected chi connectivity index (χ1v) is 9.02. The molecule has 0 fully saturated rings. The number of likely N-dealkylation sites (N-methyl/N-ethyl adjacent to an activating group) is 1. The van der Waals surface area contributed by atoms with Crippen molar-refractivity contribution in [2.75, 3.05) is 26.9 Å². The van der Waals surface area contributed by atoms with Crippen LogP contribution >= 0.6 is 0 Å². The van der Waals surface area contributed by atoms with E-state index >= 15 is 0 Å². The molecule has 0 atom stereocenters. The summed E-state index contributed by atoms with van der Waals surface area (Å²) in [7, 11) is 1.69. The van der Waals surface area contributed by atoms with Crippen LogP contribution in [-0.2, 0) is 11.4 Å². The maximum Gasteiger partial charge on any atom is 0.139 e. The van der Waals surface area contributed by atoms with E-state index in [2.05, 4.69) is 53.2 Å². The van der Waals surface area contributed by atoms with Crippen LogP contribution in [0.15, 0.2) is 70.0 Å². The summed E-state index contributed by atoms with van der Waals surface area (Å²) in [4.78, 5) is 14.8. The Labute approximate surface area is 154 Å². The number of allylic oxidation sites excluding steroid dienone is 1. The monoisotopic (exact) mass is 351 g/mol. The van der Waals surface area contributed by atoms with Crippen LogP contribution in [-0.4, -0.2) is 47.9 Å². The summed E-state index contributed by atoms with van der Waals surface area (Å²) >= 11 is 0. The van der Waals surface area contributed by atoms with E-state index in [0.717, 1.165) is 42.5 Å². The van der Waals surface area contributed by atoms with Crippen molar-refractivity contribution in [1.82, 2.24) is 20.2 Å². The topological polar surface area (TPSA) is 43.3 Å². The number of hydrogen-bond donors (Lipinski definition) is 1. The molecule has 0 aliphatic carbocycles. The summed E-state index contributed by atoms with van der Waals surface area (Å²) in [5.74, 6) is 1.15. The van der Waals surface area contributed by atoms with E-state index in [4.69, 9.17) is 9.83 Å². The molecule has 136 valence electrons. The van der Waals surface area contributed by atoms with Crippen molar-refractivity contribution in [1.29, 1.82) is 0 Å². The maximum absolute atomic E-state index is 5.39. The summed E-state index contributed by atoms with van der Waals surface area (Å²) in [5, 5.41) is 5.45. The molecule has 1 aromatic carbocycles. The molecule has 0 saturated heterocycles. The number of benzene rings is 1. The SMILES string of the molecule is CCN1CC(C)=C(NCc2ccccc2)C2=C1N1CN(OC)C=C1C=N2. The van der Waals surface area contributed by atoms with E-state index < -0.39 is 0 Å². The van der Waals surface area contributed by atoms with Crippen LogP contribution in [0.2, 0.25) is 0 Å². The van der Waals surface area contributed by atoms with E-state index in [1.807, 2.05) is 23.5 Å². The normalized spacial score (nSPS) is 19.0. The first kappa shape index (κ1) is 16.7. The van der Waals surface area contributed by atoms with Gasteiger partial charge in [-0.3, -0.25) is 4.84 Å². The molecular formula is C20H25N5O. The molecule has 4 rings (SSSR count). The van der Waals surface area contributed by atoms with Gasteiger partial charge in [-0.2, -0.15) is 0 Å². The molecule has 1 N–H and O–H groups in total. The van der Waals surface area contributed by atoms with Crippen LogP contribution < -0.4 is 5.32 Å². The fourth-order valence-corrected chi connectivity index (χ4v) is 3.62. The Balaban J connectivity index is 1.65. The Morgan fingerprint density at radius 1 is 1.23 bits per heavy atom. The van der Waals surface area contributed by atoms with Crippen molar-refractivity contribution < 1.29 is 4.84 Å². The Hall–Kier alpha value is -2.73. The van der Waals surface area contributed by atoms with Crippen LogP contribution in [0, 0.1) is 0 Å². The average molecular weight is 351 g/mol. The second-order valence-electron chi connectivity index (χ2n) is 6.66. The molecule has 0 amide bonds. The third kappa shape index (κ3) is 2.86. The lowest BCUT2D eigenvalue weighted by Gasteiger charge is -2.40. The Bertz CT molecular complexity index is 809. The zero-order chi connectivity index (χ0) is 18.1. The molecule has 26 heavy (non-hydrogen) atoms.